The molecule has 0 aliphatic rings. The van der Waals surface area contributed by atoms with E-state index in [9.17, 15) is 13.2 Å². The molecule has 0 bridgehead atoms. The predicted octanol–water partition coefficient (Wildman–Crippen LogP) is 1.80. The minimum Gasteiger partial charge on any atom is -0.351 e. The molecule has 0 fully saturated rings. The summed E-state index contributed by atoms with van der Waals surface area (Å²) in [4.78, 5) is 14.2. The predicted molar refractivity (Wildman–Crippen MR) is 99.4 cm³/mol. The number of hydrogen-bond donors (Lipinski definition) is 1. The molecule has 2 rings (SSSR count). The molecule has 0 radical (unpaired) electrons. The van der Waals surface area contributed by atoms with E-state index in [1.54, 1.807) is 24.3 Å². The smallest absolute Gasteiger partial charge is 0.264 e. The van der Waals surface area contributed by atoms with E-state index < -0.39 is 10.0 Å². The molecular formula is C18H23N3O3S. The Balaban J connectivity index is 2.12. The lowest BCUT2D eigenvalue weighted by Gasteiger charge is -2.19. The molecule has 1 amide bonds. The number of nitrogens with one attached hydrogen (secondary N) is 1. The highest BCUT2D eigenvalue weighted by Crippen LogP contribution is 2.21. The van der Waals surface area contributed by atoms with Crippen LogP contribution in [0.4, 0.5) is 5.69 Å². The first-order valence-corrected chi connectivity index (χ1v) is 9.33. The molecule has 25 heavy (non-hydrogen) atoms. The van der Waals surface area contributed by atoms with E-state index in [4.69, 9.17) is 0 Å². The average Bonchev–Trinajstić information content (AvgIpc) is 2.61. The highest BCUT2D eigenvalue weighted by molar-refractivity contribution is 7.92. The van der Waals surface area contributed by atoms with Crippen LogP contribution in [0.1, 0.15) is 10.4 Å². The third kappa shape index (κ3) is 4.80. The van der Waals surface area contributed by atoms with Gasteiger partial charge in [0, 0.05) is 25.7 Å². The summed E-state index contributed by atoms with van der Waals surface area (Å²) in [5.41, 5.74) is 1.01. The first-order valence-electron chi connectivity index (χ1n) is 7.89. The van der Waals surface area contributed by atoms with E-state index in [0.29, 0.717) is 17.8 Å². The van der Waals surface area contributed by atoms with Crippen molar-refractivity contribution in [1.29, 1.82) is 0 Å². The molecule has 2 aromatic carbocycles. The maximum absolute atomic E-state index is 12.7. The van der Waals surface area contributed by atoms with Gasteiger partial charge in [-0.15, -0.1) is 0 Å². The van der Waals surface area contributed by atoms with Crippen LogP contribution in [0.25, 0.3) is 0 Å². The van der Waals surface area contributed by atoms with Crippen molar-refractivity contribution < 1.29 is 13.2 Å². The molecule has 0 atom stereocenters. The Morgan fingerprint density at radius 3 is 2.12 bits per heavy atom. The Morgan fingerprint density at radius 2 is 1.56 bits per heavy atom. The number of rotatable bonds is 7. The van der Waals surface area contributed by atoms with Gasteiger partial charge in [-0.25, -0.2) is 8.42 Å². The fourth-order valence-electron chi connectivity index (χ4n) is 2.21. The zero-order chi connectivity index (χ0) is 18.4. The first-order chi connectivity index (χ1) is 11.8. The van der Waals surface area contributed by atoms with Gasteiger partial charge in [0.2, 0.25) is 0 Å². The zero-order valence-corrected chi connectivity index (χ0v) is 15.5. The molecule has 134 valence electrons. The van der Waals surface area contributed by atoms with Gasteiger partial charge in [-0.3, -0.25) is 9.10 Å². The van der Waals surface area contributed by atoms with Crippen LogP contribution in [-0.2, 0) is 10.0 Å². The molecule has 2 aromatic rings. The Kier molecular flexibility index (Phi) is 6.17. The summed E-state index contributed by atoms with van der Waals surface area (Å²) >= 11 is 0. The van der Waals surface area contributed by atoms with Gasteiger partial charge in [-0.05, 0) is 50.5 Å². The van der Waals surface area contributed by atoms with Crippen molar-refractivity contribution in [1.82, 2.24) is 10.2 Å². The van der Waals surface area contributed by atoms with E-state index >= 15 is 0 Å². The van der Waals surface area contributed by atoms with Gasteiger partial charge in [-0.1, -0.05) is 18.2 Å². The summed E-state index contributed by atoms with van der Waals surface area (Å²) in [5.74, 6) is -0.220. The molecule has 7 heteroatoms. The standard InChI is InChI=1S/C18H23N3O3S/c1-20(2)14-13-19-18(22)15-9-11-17(12-10-15)25(23,24)21(3)16-7-5-4-6-8-16/h4-12H,13-14H2,1-3H3,(H,19,22). The SMILES string of the molecule is CN(C)CCNC(=O)c1ccc(S(=O)(=O)N(C)c2ccccc2)cc1. The Hall–Kier alpha value is -2.38. The summed E-state index contributed by atoms with van der Waals surface area (Å²) < 4.78 is 26.6. The highest BCUT2D eigenvalue weighted by atomic mass is 32.2. The second-order valence-corrected chi connectivity index (χ2v) is 7.86. The van der Waals surface area contributed by atoms with Crippen LogP contribution >= 0.6 is 0 Å². The van der Waals surface area contributed by atoms with E-state index in [1.807, 2.05) is 25.1 Å². The monoisotopic (exact) mass is 361 g/mol. The second-order valence-electron chi connectivity index (χ2n) is 5.89. The number of hydrogen-bond acceptors (Lipinski definition) is 4. The van der Waals surface area contributed by atoms with Gasteiger partial charge in [-0.2, -0.15) is 0 Å². The fraction of sp³-hybridized carbons (Fsp3) is 0.278. The number of likely N-dealkylation sites (N-methyl/N-ethyl adjacent to an activating group) is 1. The van der Waals surface area contributed by atoms with E-state index in [0.717, 1.165) is 6.54 Å². The van der Waals surface area contributed by atoms with Gasteiger partial charge in [0.05, 0.1) is 10.6 Å². The first kappa shape index (κ1) is 19.0. The molecule has 0 spiro atoms. The van der Waals surface area contributed by atoms with Crippen LogP contribution in [0.3, 0.4) is 0 Å². The number of sulfonamides is 1. The van der Waals surface area contributed by atoms with Crippen molar-refractivity contribution in [3.8, 4) is 0 Å². The number of para-hydroxylation sites is 1. The second kappa shape index (κ2) is 8.13. The van der Waals surface area contributed by atoms with Crippen molar-refractivity contribution in [2.24, 2.45) is 0 Å². The molecule has 0 aromatic heterocycles. The van der Waals surface area contributed by atoms with Crippen LogP contribution in [-0.4, -0.2) is 53.5 Å². The number of carbonyl (C=O) groups excluding carboxylic acids is 1. The Bertz CT molecular complexity index is 803. The average molecular weight is 361 g/mol. The highest BCUT2D eigenvalue weighted by Gasteiger charge is 2.21. The third-order valence-corrected chi connectivity index (χ3v) is 5.54. The molecule has 1 N–H and O–H groups in total. The summed E-state index contributed by atoms with van der Waals surface area (Å²) in [7, 11) is 1.69. The Morgan fingerprint density at radius 1 is 0.960 bits per heavy atom. The van der Waals surface area contributed by atoms with Gasteiger partial charge in [0.25, 0.3) is 15.9 Å². The van der Waals surface area contributed by atoms with Crippen LogP contribution in [0.2, 0.25) is 0 Å². The van der Waals surface area contributed by atoms with Crippen molar-refractivity contribution in [2.75, 3.05) is 38.5 Å². The maximum Gasteiger partial charge on any atom is 0.264 e. The molecule has 0 heterocycles. The minimum atomic E-state index is -3.67. The van der Waals surface area contributed by atoms with Crippen LogP contribution in [0, 0.1) is 0 Å². The molecular weight excluding hydrogens is 338 g/mol. The molecule has 0 unspecified atom stereocenters. The number of carbonyl (C=O) groups is 1. The molecule has 0 saturated carbocycles. The quantitative estimate of drug-likeness (QED) is 0.816. The van der Waals surface area contributed by atoms with Crippen LogP contribution in [0.15, 0.2) is 59.5 Å². The van der Waals surface area contributed by atoms with Gasteiger partial charge < -0.3 is 10.2 Å². The van der Waals surface area contributed by atoms with Crippen LogP contribution < -0.4 is 9.62 Å². The minimum absolute atomic E-state index is 0.142. The van der Waals surface area contributed by atoms with Gasteiger partial charge in [0.15, 0.2) is 0 Å². The van der Waals surface area contributed by atoms with Crippen molar-refractivity contribution >= 4 is 21.6 Å². The lowest BCUT2D eigenvalue weighted by Crippen LogP contribution is -2.31. The summed E-state index contributed by atoms with van der Waals surface area (Å²) in [6.07, 6.45) is 0. The lowest BCUT2D eigenvalue weighted by molar-refractivity contribution is 0.0951. The number of amides is 1. The van der Waals surface area contributed by atoms with Crippen LogP contribution in [0.5, 0.6) is 0 Å². The fourth-order valence-corrected chi connectivity index (χ4v) is 3.40. The number of anilines is 1. The third-order valence-electron chi connectivity index (χ3n) is 3.74. The van der Waals surface area contributed by atoms with Crippen molar-refractivity contribution in [3.05, 3.63) is 60.2 Å². The maximum atomic E-state index is 12.7. The molecule has 0 aliphatic carbocycles. The summed E-state index contributed by atoms with van der Waals surface area (Å²) in [6.45, 7) is 1.27. The van der Waals surface area contributed by atoms with Gasteiger partial charge >= 0.3 is 0 Å². The van der Waals surface area contributed by atoms with Crippen molar-refractivity contribution in [2.45, 2.75) is 4.90 Å². The molecule has 6 nitrogen and oxygen atoms in total. The normalized spacial score (nSPS) is 11.4. The van der Waals surface area contributed by atoms with E-state index in [1.165, 1.54) is 35.6 Å². The lowest BCUT2D eigenvalue weighted by atomic mass is 10.2. The van der Waals surface area contributed by atoms with Crippen molar-refractivity contribution in [3.63, 3.8) is 0 Å². The number of nitrogens with zero attached hydrogens (tertiary/aromatic N) is 2. The largest absolute Gasteiger partial charge is 0.351 e. The zero-order valence-electron chi connectivity index (χ0n) is 14.6. The molecule has 0 aliphatic heterocycles. The summed E-state index contributed by atoms with van der Waals surface area (Å²) in [5, 5.41) is 2.80. The topological polar surface area (TPSA) is 69.7 Å². The Labute approximate surface area is 149 Å². The van der Waals surface area contributed by atoms with Gasteiger partial charge in [0.1, 0.15) is 0 Å². The summed E-state index contributed by atoms with van der Waals surface area (Å²) in [6, 6.07) is 14.8. The van der Waals surface area contributed by atoms with E-state index in [-0.39, 0.29) is 10.8 Å². The van der Waals surface area contributed by atoms with E-state index in [2.05, 4.69) is 5.32 Å². The molecule has 0 saturated heterocycles. The number of benzene rings is 2.